The summed E-state index contributed by atoms with van der Waals surface area (Å²) in [5, 5.41) is 5.21. The van der Waals surface area contributed by atoms with E-state index in [1.54, 1.807) is 24.4 Å². The molecule has 1 aromatic carbocycles. The van der Waals surface area contributed by atoms with Crippen molar-refractivity contribution >= 4 is 40.5 Å². The van der Waals surface area contributed by atoms with Crippen molar-refractivity contribution in [1.82, 2.24) is 9.78 Å². The predicted molar refractivity (Wildman–Crippen MR) is 106 cm³/mol. The number of anilines is 1. The fraction of sp³-hybridized carbons (Fsp3) is 0.444. The molecule has 0 bridgehead atoms. The molecule has 2 saturated heterocycles. The van der Waals surface area contributed by atoms with Gasteiger partial charge in [0.25, 0.3) is 5.56 Å². The van der Waals surface area contributed by atoms with Crippen LogP contribution >= 0.6 is 34.8 Å². The van der Waals surface area contributed by atoms with E-state index in [4.69, 9.17) is 44.3 Å². The lowest BCUT2D eigenvalue weighted by molar-refractivity contribution is -0.116. The summed E-state index contributed by atoms with van der Waals surface area (Å²) >= 11 is 18.6. The summed E-state index contributed by atoms with van der Waals surface area (Å²) in [7, 11) is 0. The molecule has 2 fully saturated rings. The lowest BCUT2D eigenvalue weighted by atomic mass is 9.92. The van der Waals surface area contributed by atoms with E-state index in [0.717, 1.165) is 12.8 Å². The summed E-state index contributed by atoms with van der Waals surface area (Å²) in [4.78, 5) is 14.9. The van der Waals surface area contributed by atoms with E-state index in [2.05, 4.69) is 10.00 Å². The lowest BCUT2D eigenvalue weighted by Crippen LogP contribution is -2.54. The zero-order chi connectivity index (χ0) is 19.0. The van der Waals surface area contributed by atoms with E-state index in [9.17, 15) is 4.79 Å². The molecule has 2 aliphatic rings. The molecule has 2 aromatic rings. The third kappa shape index (κ3) is 3.69. The lowest BCUT2D eigenvalue weighted by Gasteiger charge is -2.45. The van der Waals surface area contributed by atoms with Gasteiger partial charge < -0.3 is 14.4 Å². The summed E-state index contributed by atoms with van der Waals surface area (Å²) in [5.74, 6) is 0. The summed E-state index contributed by atoms with van der Waals surface area (Å²) < 4.78 is 12.7. The van der Waals surface area contributed by atoms with Crippen LogP contribution in [-0.2, 0) is 9.47 Å². The minimum absolute atomic E-state index is 0.111. The number of aromatic nitrogens is 2. The monoisotopic (exact) mass is 429 g/mol. The largest absolute Gasteiger partial charge is 0.381 e. The van der Waals surface area contributed by atoms with E-state index >= 15 is 0 Å². The Morgan fingerprint density at radius 2 is 1.85 bits per heavy atom. The van der Waals surface area contributed by atoms with Gasteiger partial charge in [-0.05, 0) is 18.2 Å². The van der Waals surface area contributed by atoms with Gasteiger partial charge in [0.1, 0.15) is 5.02 Å². The van der Waals surface area contributed by atoms with Crippen molar-refractivity contribution in [3.63, 3.8) is 0 Å². The van der Waals surface area contributed by atoms with Gasteiger partial charge in [-0.1, -0.05) is 34.8 Å². The summed E-state index contributed by atoms with van der Waals surface area (Å²) in [6.45, 7) is 3.23. The number of hydrogen-bond acceptors (Lipinski definition) is 5. The predicted octanol–water partition coefficient (Wildman–Crippen LogP) is 3.58. The quantitative estimate of drug-likeness (QED) is 0.729. The Morgan fingerprint density at radius 3 is 2.59 bits per heavy atom. The van der Waals surface area contributed by atoms with Crippen LogP contribution in [0.15, 0.2) is 29.2 Å². The van der Waals surface area contributed by atoms with Crippen LogP contribution in [-0.4, -0.2) is 48.3 Å². The van der Waals surface area contributed by atoms with Crippen molar-refractivity contribution in [2.45, 2.75) is 18.4 Å². The highest BCUT2D eigenvalue weighted by atomic mass is 35.5. The molecular formula is C18H18Cl3N3O3. The summed E-state index contributed by atoms with van der Waals surface area (Å²) in [6, 6.07) is 4.85. The van der Waals surface area contributed by atoms with E-state index < -0.39 is 5.56 Å². The minimum Gasteiger partial charge on any atom is -0.381 e. The van der Waals surface area contributed by atoms with E-state index in [0.29, 0.717) is 54.3 Å². The van der Waals surface area contributed by atoms with Crippen LogP contribution in [0.25, 0.3) is 5.69 Å². The van der Waals surface area contributed by atoms with Crippen LogP contribution in [0, 0.1) is 0 Å². The minimum atomic E-state index is -0.425. The SMILES string of the molecule is O=c1c(Cl)c(N2CCOC3(CCOCC3)C2)cnn1-c1ccc(Cl)cc1Cl. The van der Waals surface area contributed by atoms with Crippen LogP contribution in [0.2, 0.25) is 15.1 Å². The van der Waals surface area contributed by atoms with Crippen molar-refractivity contribution < 1.29 is 9.47 Å². The molecule has 0 aliphatic carbocycles. The van der Waals surface area contributed by atoms with Crippen LogP contribution < -0.4 is 10.5 Å². The second-order valence-corrected chi connectivity index (χ2v) is 7.94. The average Bonchev–Trinajstić information content (AvgIpc) is 2.65. The molecule has 27 heavy (non-hydrogen) atoms. The smallest absolute Gasteiger partial charge is 0.292 e. The van der Waals surface area contributed by atoms with Crippen LogP contribution in [0.4, 0.5) is 5.69 Å². The number of morpholine rings is 1. The first-order valence-electron chi connectivity index (χ1n) is 8.69. The highest BCUT2D eigenvalue weighted by Crippen LogP contribution is 2.33. The van der Waals surface area contributed by atoms with E-state index in [-0.39, 0.29) is 10.6 Å². The Balaban J connectivity index is 1.67. The maximum atomic E-state index is 12.8. The molecule has 3 heterocycles. The molecule has 0 unspecified atom stereocenters. The van der Waals surface area contributed by atoms with Crippen molar-refractivity contribution in [3.8, 4) is 5.69 Å². The number of rotatable bonds is 2. The van der Waals surface area contributed by atoms with Crippen LogP contribution in [0.1, 0.15) is 12.8 Å². The molecule has 6 nitrogen and oxygen atoms in total. The zero-order valence-corrected chi connectivity index (χ0v) is 16.7. The molecule has 4 rings (SSSR count). The number of nitrogens with zero attached hydrogens (tertiary/aromatic N) is 3. The maximum absolute atomic E-state index is 12.8. The molecule has 144 valence electrons. The number of halogens is 3. The molecule has 0 saturated carbocycles. The third-order valence-corrected chi connectivity index (χ3v) is 5.92. The van der Waals surface area contributed by atoms with Gasteiger partial charge in [0.2, 0.25) is 0 Å². The van der Waals surface area contributed by atoms with E-state index in [1.165, 1.54) is 4.68 Å². The van der Waals surface area contributed by atoms with Crippen molar-refractivity contribution in [1.29, 1.82) is 0 Å². The molecule has 2 aliphatic heterocycles. The van der Waals surface area contributed by atoms with Gasteiger partial charge in [-0.3, -0.25) is 4.79 Å². The van der Waals surface area contributed by atoms with Gasteiger partial charge in [-0.2, -0.15) is 9.78 Å². The van der Waals surface area contributed by atoms with Gasteiger partial charge in [0, 0.05) is 44.2 Å². The Hall–Kier alpha value is -1.31. The summed E-state index contributed by atoms with van der Waals surface area (Å²) in [5.41, 5.74) is 0.360. The number of ether oxygens (including phenoxy) is 2. The molecule has 0 N–H and O–H groups in total. The molecule has 9 heteroatoms. The van der Waals surface area contributed by atoms with E-state index in [1.807, 2.05) is 0 Å². The van der Waals surface area contributed by atoms with Gasteiger partial charge in [0.05, 0.1) is 34.8 Å². The average molecular weight is 431 g/mol. The standard InChI is InChI=1S/C18H18Cl3N3O3/c19-12-1-2-14(13(20)9-12)24-17(25)16(21)15(10-22-24)23-5-8-27-18(11-23)3-6-26-7-4-18/h1-2,9-10H,3-8,11H2. The third-order valence-electron chi connectivity index (χ3n) is 5.03. The summed E-state index contributed by atoms with van der Waals surface area (Å²) in [6.07, 6.45) is 3.25. The molecular weight excluding hydrogens is 413 g/mol. The first kappa shape index (κ1) is 19.0. The highest BCUT2D eigenvalue weighted by molar-refractivity contribution is 6.36. The van der Waals surface area contributed by atoms with Crippen LogP contribution in [0.3, 0.4) is 0 Å². The molecule has 1 aromatic heterocycles. The maximum Gasteiger partial charge on any atom is 0.292 e. The number of benzene rings is 1. The Bertz CT molecular complexity index is 907. The topological polar surface area (TPSA) is 56.6 Å². The van der Waals surface area contributed by atoms with Gasteiger partial charge in [-0.25, -0.2) is 0 Å². The van der Waals surface area contributed by atoms with Crippen LogP contribution in [0.5, 0.6) is 0 Å². The zero-order valence-electron chi connectivity index (χ0n) is 14.5. The molecule has 0 atom stereocenters. The van der Waals surface area contributed by atoms with Gasteiger partial charge >= 0.3 is 0 Å². The molecule has 1 spiro atoms. The Morgan fingerprint density at radius 1 is 1.07 bits per heavy atom. The molecule has 0 amide bonds. The van der Waals surface area contributed by atoms with Crippen molar-refractivity contribution in [3.05, 3.63) is 49.8 Å². The van der Waals surface area contributed by atoms with Gasteiger partial charge in [0.15, 0.2) is 0 Å². The fourth-order valence-electron chi connectivity index (χ4n) is 3.57. The second-order valence-electron chi connectivity index (χ2n) is 6.72. The Labute approximate surface area is 171 Å². The normalized spacial score (nSPS) is 19.4. The highest BCUT2D eigenvalue weighted by Gasteiger charge is 2.39. The van der Waals surface area contributed by atoms with Gasteiger partial charge in [-0.15, -0.1) is 0 Å². The number of hydrogen-bond donors (Lipinski definition) is 0. The molecule has 0 radical (unpaired) electrons. The second kappa shape index (κ2) is 7.60. The fourth-order valence-corrected chi connectivity index (χ4v) is 4.30. The first-order chi connectivity index (χ1) is 13.0. The Kier molecular flexibility index (Phi) is 5.36. The van der Waals surface area contributed by atoms with Crippen molar-refractivity contribution in [2.75, 3.05) is 37.8 Å². The van der Waals surface area contributed by atoms with Crippen molar-refractivity contribution in [2.24, 2.45) is 0 Å². The first-order valence-corrected chi connectivity index (χ1v) is 9.82.